The Hall–Kier alpha value is -1.30. The molecule has 2 rings (SSSR count). The van der Waals surface area contributed by atoms with E-state index in [4.69, 9.17) is 5.73 Å². The van der Waals surface area contributed by atoms with Crippen LogP contribution in [0.5, 0.6) is 0 Å². The van der Waals surface area contributed by atoms with E-state index in [0.29, 0.717) is 32.7 Å². The van der Waals surface area contributed by atoms with Crippen LogP contribution in [0.3, 0.4) is 0 Å². The molecule has 2 fully saturated rings. The number of carbonyl (C=O) groups excluding carboxylic acids is 2. The third-order valence-electron chi connectivity index (χ3n) is 3.36. The van der Waals surface area contributed by atoms with Crippen molar-refractivity contribution in [3.05, 3.63) is 0 Å². The number of nitrogens with two attached hydrogens (primary N) is 1. The third-order valence-corrected chi connectivity index (χ3v) is 3.36. The normalized spacial score (nSPS) is 27.9. The minimum Gasteiger partial charge on any atom is -0.339 e. The lowest BCUT2D eigenvalue weighted by molar-refractivity contribution is -0.134. The lowest BCUT2D eigenvalue weighted by Gasteiger charge is -2.34. The first kappa shape index (κ1) is 12.2. The van der Waals surface area contributed by atoms with Crippen LogP contribution in [-0.2, 0) is 4.79 Å². The number of amides is 3. The van der Waals surface area contributed by atoms with Crippen LogP contribution >= 0.6 is 0 Å². The van der Waals surface area contributed by atoms with Crippen molar-refractivity contribution in [2.24, 2.45) is 11.7 Å². The Morgan fingerprint density at radius 2 is 1.76 bits per heavy atom. The van der Waals surface area contributed by atoms with Gasteiger partial charge in [-0.05, 0) is 13.3 Å². The van der Waals surface area contributed by atoms with Crippen LogP contribution < -0.4 is 11.1 Å². The molecule has 96 valence electrons. The summed E-state index contributed by atoms with van der Waals surface area (Å²) >= 11 is 0. The number of nitrogens with one attached hydrogen (secondary N) is 1. The monoisotopic (exact) mass is 240 g/mol. The maximum absolute atomic E-state index is 11.9. The van der Waals surface area contributed by atoms with E-state index in [1.807, 2.05) is 11.8 Å². The Labute approximate surface area is 101 Å². The lowest BCUT2D eigenvalue weighted by Crippen LogP contribution is -2.53. The Morgan fingerprint density at radius 3 is 2.24 bits per heavy atom. The molecule has 2 aliphatic rings. The highest BCUT2D eigenvalue weighted by Gasteiger charge is 2.42. The second-order valence-electron chi connectivity index (χ2n) is 4.65. The molecule has 6 heteroatoms. The van der Waals surface area contributed by atoms with E-state index < -0.39 is 0 Å². The van der Waals surface area contributed by atoms with Gasteiger partial charge < -0.3 is 20.9 Å². The van der Waals surface area contributed by atoms with Gasteiger partial charge in [0.15, 0.2) is 0 Å². The van der Waals surface area contributed by atoms with Crippen LogP contribution in [0, 0.1) is 5.92 Å². The zero-order valence-corrected chi connectivity index (χ0v) is 10.2. The fourth-order valence-electron chi connectivity index (χ4n) is 2.13. The first-order valence-electron chi connectivity index (χ1n) is 6.20. The third kappa shape index (κ3) is 2.69. The average Bonchev–Trinajstić information content (AvgIpc) is 3.06. The van der Waals surface area contributed by atoms with E-state index >= 15 is 0 Å². The van der Waals surface area contributed by atoms with Crippen molar-refractivity contribution >= 4 is 11.9 Å². The molecule has 2 atom stereocenters. The van der Waals surface area contributed by atoms with E-state index in [-0.39, 0.29) is 23.9 Å². The molecule has 1 saturated heterocycles. The van der Waals surface area contributed by atoms with E-state index in [0.717, 1.165) is 6.42 Å². The van der Waals surface area contributed by atoms with Crippen molar-refractivity contribution in [3.8, 4) is 0 Å². The van der Waals surface area contributed by atoms with Crippen molar-refractivity contribution in [2.75, 3.05) is 32.7 Å². The number of urea groups is 1. The molecular weight excluding hydrogens is 220 g/mol. The Bertz CT molecular complexity index is 313. The molecule has 0 aromatic rings. The van der Waals surface area contributed by atoms with Crippen LogP contribution in [0.15, 0.2) is 0 Å². The standard InChI is InChI=1S/C11H20N4O2/c1-2-13-11(17)15-5-3-14(4-6-15)10(16)8-7-9(8)12/h8-9H,2-7,12H2,1H3,(H,13,17). The zero-order valence-electron chi connectivity index (χ0n) is 10.2. The first-order valence-corrected chi connectivity index (χ1v) is 6.20. The Morgan fingerprint density at radius 1 is 1.24 bits per heavy atom. The smallest absolute Gasteiger partial charge is 0.317 e. The summed E-state index contributed by atoms with van der Waals surface area (Å²) in [4.78, 5) is 27.0. The summed E-state index contributed by atoms with van der Waals surface area (Å²) in [5.74, 6) is 0.194. The van der Waals surface area contributed by atoms with Crippen LogP contribution in [0.4, 0.5) is 4.79 Å². The molecule has 0 aromatic carbocycles. The summed E-state index contributed by atoms with van der Waals surface area (Å²) < 4.78 is 0. The number of hydrogen-bond acceptors (Lipinski definition) is 3. The zero-order chi connectivity index (χ0) is 12.4. The van der Waals surface area contributed by atoms with Gasteiger partial charge >= 0.3 is 6.03 Å². The molecule has 17 heavy (non-hydrogen) atoms. The molecule has 3 N–H and O–H groups in total. The van der Waals surface area contributed by atoms with Crippen molar-refractivity contribution in [2.45, 2.75) is 19.4 Å². The number of piperazine rings is 1. The van der Waals surface area contributed by atoms with Gasteiger partial charge in [0.1, 0.15) is 0 Å². The lowest BCUT2D eigenvalue weighted by atomic mass is 10.2. The molecule has 1 aliphatic heterocycles. The second-order valence-corrected chi connectivity index (χ2v) is 4.65. The van der Waals surface area contributed by atoms with Crippen LogP contribution in [0.2, 0.25) is 0 Å². The average molecular weight is 240 g/mol. The maximum atomic E-state index is 11.9. The van der Waals surface area contributed by atoms with Crippen molar-refractivity contribution < 1.29 is 9.59 Å². The van der Waals surface area contributed by atoms with Gasteiger partial charge in [-0.25, -0.2) is 4.79 Å². The number of hydrogen-bond donors (Lipinski definition) is 2. The molecular formula is C11H20N4O2. The topological polar surface area (TPSA) is 78.7 Å². The first-order chi connectivity index (χ1) is 8.13. The van der Waals surface area contributed by atoms with Gasteiger partial charge in [-0.15, -0.1) is 0 Å². The number of nitrogens with zero attached hydrogens (tertiary/aromatic N) is 2. The van der Waals surface area contributed by atoms with Gasteiger partial charge in [-0.2, -0.15) is 0 Å². The molecule has 1 aliphatic carbocycles. The summed E-state index contributed by atoms with van der Waals surface area (Å²) in [6.07, 6.45) is 0.815. The highest BCUT2D eigenvalue weighted by Crippen LogP contribution is 2.30. The summed E-state index contributed by atoms with van der Waals surface area (Å²) in [5, 5.41) is 2.77. The highest BCUT2D eigenvalue weighted by molar-refractivity contribution is 5.83. The second kappa shape index (κ2) is 4.91. The van der Waals surface area contributed by atoms with Gasteiger partial charge in [0, 0.05) is 38.8 Å². The molecule has 1 heterocycles. The van der Waals surface area contributed by atoms with Crippen molar-refractivity contribution in [3.63, 3.8) is 0 Å². The molecule has 0 bridgehead atoms. The molecule has 0 aromatic heterocycles. The molecule has 3 amide bonds. The highest BCUT2D eigenvalue weighted by atomic mass is 16.2. The van der Waals surface area contributed by atoms with Crippen molar-refractivity contribution in [1.29, 1.82) is 0 Å². The van der Waals surface area contributed by atoms with Gasteiger partial charge in [0.05, 0.1) is 5.92 Å². The van der Waals surface area contributed by atoms with Gasteiger partial charge in [0.2, 0.25) is 5.91 Å². The van der Waals surface area contributed by atoms with Crippen molar-refractivity contribution in [1.82, 2.24) is 15.1 Å². The summed E-state index contributed by atoms with van der Waals surface area (Å²) in [5.41, 5.74) is 5.67. The largest absolute Gasteiger partial charge is 0.339 e. The van der Waals surface area contributed by atoms with E-state index in [2.05, 4.69) is 5.32 Å². The molecule has 0 radical (unpaired) electrons. The number of rotatable bonds is 2. The fraction of sp³-hybridized carbons (Fsp3) is 0.818. The summed E-state index contributed by atoms with van der Waals surface area (Å²) in [7, 11) is 0. The summed E-state index contributed by atoms with van der Waals surface area (Å²) in [6.45, 7) is 5.00. The van der Waals surface area contributed by atoms with E-state index in [1.165, 1.54) is 0 Å². The minimum atomic E-state index is -0.0391. The summed E-state index contributed by atoms with van der Waals surface area (Å²) in [6, 6.07) is 0.0200. The molecule has 2 unspecified atom stereocenters. The van der Waals surface area contributed by atoms with E-state index in [9.17, 15) is 9.59 Å². The minimum absolute atomic E-state index is 0.0334. The quantitative estimate of drug-likeness (QED) is 0.664. The molecule has 6 nitrogen and oxygen atoms in total. The van der Waals surface area contributed by atoms with E-state index in [1.54, 1.807) is 4.90 Å². The van der Waals surface area contributed by atoms with Crippen LogP contribution in [0.1, 0.15) is 13.3 Å². The van der Waals surface area contributed by atoms with Crippen LogP contribution in [0.25, 0.3) is 0 Å². The van der Waals surface area contributed by atoms with Gasteiger partial charge in [-0.3, -0.25) is 4.79 Å². The van der Waals surface area contributed by atoms with Gasteiger partial charge in [0.25, 0.3) is 0 Å². The molecule has 0 spiro atoms. The predicted octanol–water partition coefficient (Wildman–Crippen LogP) is -0.793. The molecule has 1 saturated carbocycles. The van der Waals surface area contributed by atoms with Crippen LogP contribution in [-0.4, -0.2) is 60.5 Å². The fourth-order valence-corrected chi connectivity index (χ4v) is 2.13. The SMILES string of the molecule is CCNC(=O)N1CCN(C(=O)C2CC2N)CC1. The number of carbonyl (C=O) groups is 2. The van der Waals surface area contributed by atoms with Gasteiger partial charge in [-0.1, -0.05) is 0 Å². The Balaban J connectivity index is 1.78. The predicted molar refractivity (Wildman–Crippen MR) is 63.3 cm³/mol. The maximum Gasteiger partial charge on any atom is 0.317 e. The Kier molecular flexibility index (Phi) is 3.51.